The number of nitrogens with one attached hydrogen (secondary N) is 2. The van der Waals surface area contributed by atoms with E-state index in [4.69, 9.17) is 14.2 Å². The van der Waals surface area contributed by atoms with Crippen LogP contribution in [0.3, 0.4) is 0 Å². The second-order valence-electron chi connectivity index (χ2n) is 13.4. The highest BCUT2D eigenvalue weighted by atomic mass is 16.5. The summed E-state index contributed by atoms with van der Waals surface area (Å²) in [4.78, 5) is 43.8. The molecule has 1 aliphatic heterocycles. The van der Waals surface area contributed by atoms with E-state index in [1.807, 2.05) is 13.8 Å². The number of rotatable bonds is 8. The number of hydrogen-bond donors (Lipinski definition) is 3. The summed E-state index contributed by atoms with van der Waals surface area (Å²) >= 11 is 0. The van der Waals surface area contributed by atoms with Crippen molar-refractivity contribution in [1.82, 2.24) is 9.80 Å². The predicted octanol–water partition coefficient (Wildman–Crippen LogP) is 6.17. The molecule has 0 saturated heterocycles. The highest BCUT2D eigenvalue weighted by Gasteiger charge is 2.31. The first-order valence-electron chi connectivity index (χ1n) is 17.4. The largest absolute Gasteiger partial charge is 0.497 e. The van der Waals surface area contributed by atoms with Gasteiger partial charge in [0.1, 0.15) is 11.5 Å². The van der Waals surface area contributed by atoms with Gasteiger partial charge in [0.05, 0.1) is 37.5 Å². The van der Waals surface area contributed by atoms with Gasteiger partial charge in [0, 0.05) is 50.0 Å². The number of benzene rings is 2. The normalized spacial score (nSPS) is 22.0. The lowest BCUT2D eigenvalue weighted by molar-refractivity contribution is -0.120. The van der Waals surface area contributed by atoms with Crippen LogP contribution in [-0.2, 0) is 9.53 Å². The molecule has 1 fully saturated rings. The first-order valence-corrected chi connectivity index (χ1v) is 17.4. The van der Waals surface area contributed by atoms with E-state index < -0.39 is 6.04 Å². The van der Waals surface area contributed by atoms with Gasteiger partial charge in [0.25, 0.3) is 5.91 Å². The summed E-state index contributed by atoms with van der Waals surface area (Å²) in [6, 6.07) is 11.6. The monoisotopic (exact) mass is 666 g/mol. The smallest absolute Gasteiger partial charge is 0.321 e. The van der Waals surface area contributed by atoms with Crippen LogP contribution >= 0.6 is 0 Å². The maximum atomic E-state index is 14.4. The van der Waals surface area contributed by atoms with E-state index in [1.54, 1.807) is 73.3 Å². The molecule has 1 saturated carbocycles. The number of ether oxygens (including phenoxy) is 3. The molecular formula is C37H54N4O7. The van der Waals surface area contributed by atoms with Crippen molar-refractivity contribution in [3.05, 3.63) is 48.0 Å². The molecule has 0 unspecified atom stereocenters. The molecule has 4 amide bonds. The summed E-state index contributed by atoms with van der Waals surface area (Å²) in [6.07, 6.45) is 6.90. The van der Waals surface area contributed by atoms with E-state index in [9.17, 15) is 19.5 Å². The van der Waals surface area contributed by atoms with Crippen molar-refractivity contribution < 1.29 is 33.7 Å². The molecule has 2 aliphatic rings. The van der Waals surface area contributed by atoms with Gasteiger partial charge in [-0.25, -0.2) is 4.79 Å². The molecule has 0 bridgehead atoms. The zero-order chi connectivity index (χ0) is 34.6. The topological polar surface area (TPSA) is 130 Å². The molecule has 48 heavy (non-hydrogen) atoms. The molecule has 0 aromatic heterocycles. The van der Waals surface area contributed by atoms with E-state index >= 15 is 0 Å². The van der Waals surface area contributed by atoms with Crippen molar-refractivity contribution in [2.45, 2.75) is 90.4 Å². The third-order valence-corrected chi connectivity index (χ3v) is 9.44. The Labute approximate surface area is 285 Å². The zero-order valence-corrected chi connectivity index (χ0v) is 29.2. The van der Waals surface area contributed by atoms with Crippen molar-refractivity contribution in [2.75, 3.05) is 51.1 Å². The Hall–Kier alpha value is -3.83. The lowest BCUT2D eigenvalue weighted by atomic mass is 9.88. The highest BCUT2D eigenvalue weighted by Crippen LogP contribution is 2.30. The number of carbonyl (C=O) groups is 3. The fraction of sp³-hybridized carbons (Fsp3) is 0.595. The number of aliphatic hydroxyl groups is 1. The standard InChI is InChI=1S/C37H54N4O7/c1-25-22-41(26(2)24-42)36(44)32-21-30(38-35(43)28-12-7-6-8-13-28)16-19-33(32)48-27(3)11-9-10-20-47-34(25)23-40(4)37(45)39-29-14-17-31(46-5)18-15-29/h14-19,21,25-28,34,42H,6-13,20,22-24H2,1-5H3,(H,38,43)(H,39,45)/t25-,26-,27-,34-/m1/s1. The van der Waals surface area contributed by atoms with Gasteiger partial charge in [-0.3, -0.25) is 9.59 Å². The molecule has 0 spiro atoms. The van der Waals surface area contributed by atoms with Crippen molar-refractivity contribution >= 4 is 29.2 Å². The molecular weight excluding hydrogens is 612 g/mol. The molecule has 0 radical (unpaired) electrons. The molecule has 4 atom stereocenters. The first kappa shape index (κ1) is 37.0. The molecule has 1 aliphatic carbocycles. The minimum Gasteiger partial charge on any atom is -0.497 e. The van der Waals surface area contributed by atoms with Crippen LogP contribution in [0.15, 0.2) is 42.5 Å². The number of likely N-dealkylation sites (N-methyl/N-ethyl adjacent to an activating group) is 1. The number of urea groups is 1. The average Bonchev–Trinajstić information content (AvgIpc) is 3.10. The molecule has 1 heterocycles. The second-order valence-corrected chi connectivity index (χ2v) is 13.4. The fourth-order valence-corrected chi connectivity index (χ4v) is 6.32. The zero-order valence-electron chi connectivity index (χ0n) is 29.2. The summed E-state index contributed by atoms with van der Waals surface area (Å²) in [5, 5.41) is 16.2. The van der Waals surface area contributed by atoms with Gasteiger partial charge in [-0.2, -0.15) is 0 Å². The minimum absolute atomic E-state index is 0.0216. The van der Waals surface area contributed by atoms with Gasteiger partial charge in [0.2, 0.25) is 5.91 Å². The van der Waals surface area contributed by atoms with Crippen molar-refractivity contribution in [2.24, 2.45) is 11.8 Å². The molecule has 3 N–H and O–H groups in total. The number of methoxy groups -OCH3 is 1. The lowest BCUT2D eigenvalue weighted by Gasteiger charge is -2.35. The summed E-state index contributed by atoms with van der Waals surface area (Å²) in [5.74, 6) is 0.598. The van der Waals surface area contributed by atoms with Crippen molar-refractivity contribution in [3.63, 3.8) is 0 Å². The number of nitrogens with zero attached hydrogens (tertiary/aromatic N) is 2. The van der Waals surface area contributed by atoms with Crippen LogP contribution in [0.25, 0.3) is 0 Å². The van der Waals surface area contributed by atoms with Crippen LogP contribution in [0.2, 0.25) is 0 Å². The summed E-state index contributed by atoms with van der Waals surface area (Å²) in [7, 11) is 3.31. The van der Waals surface area contributed by atoms with Crippen LogP contribution in [0.1, 0.15) is 82.5 Å². The SMILES string of the molecule is COc1ccc(NC(=O)N(C)C[C@H]2OCCCC[C@@H](C)Oc3ccc(NC(=O)C4CCCCC4)cc3C(=O)N([C@H](C)CO)C[C@H]2C)cc1. The third kappa shape index (κ3) is 10.3. The maximum Gasteiger partial charge on any atom is 0.321 e. The van der Waals surface area contributed by atoms with E-state index in [1.165, 1.54) is 0 Å². The van der Waals surface area contributed by atoms with Crippen molar-refractivity contribution in [3.8, 4) is 11.5 Å². The quantitative estimate of drug-likeness (QED) is 0.307. The molecule has 4 rings (SSSR count). The number of hydrogen-bond acceptors (Lipinski definition) is 7. The molecule has 2 aromatic carbocycles. The van der Waals surface area contributed by atoms with Gasteiger partial charge in [-0.15, -0.1) is 0 Å². The molecule has 11 nitrogen and oxygen atoms in total. The summed E-state index contributed by atoms with van der Waals surface area (Å²) < 4.78 is 17.9. The molecule has 2 aromatic rings. The second kappa shape index (κ2) is 18.1. The van der Waals surface area contributed by atoms with Gasteiger partial charge in [-0.05, 0) is 88.4 Å². The van der Waals surface area contributed by atoms with Gasteiger partial charge < -0.3 is 39.8 Å². The number of amides is 4. The van der Waals surface area contributed by atoms with Crippen LogP contribution in [0.5, 0.6) is 11.5 Å². The molecule has 264 valence electrons. The van der Waals surface area contributed by atoms with E-state index in [-0.39, 0.29) is 55.0 Å². The predicted molar refractivity (Wildman–Crippen MR) is 187 cm³/mol. The molecule has 11 heteroatoms. The Morgan fingerprint density at radius 3 is 2.38 bits per heavy atom. The summed E-state index contributed by atoms with van der Waals surface area (Å²) in [6.45, 7) is 6.61. The van der Waals surface area contributed by atoms with E-state index in [0.29, 0.717) is 41.6 Å². The van der Waals surface area contributed by atoms with Crippen LogP contribution in [0, 0.1) is 11.8 Å². The van der Waals surface area contributed by atoms with Gasteiger partial charge >= 0.3 is 6.03 Å². The first-order chi connectivity index (χ1) is 23.1. The Morgan fingerprint density at radius 1 is 1.00 bits per heavy atom. The van der Waals surface area contributed by atoms with Crippen LogP contribution < -0.4 is 20.1 Å². The number of carbonyl (C=O) groups excluding carboxylic acids is 3. The van der Waals surface area contributed by atoms with E-state index in [0.717, 1.165) is 51.4 Å². The number of fused-ring (bicyclic) bond motifs is 1. The fourth-order valence-electron chi connectivity index (χ4n) is 6.32. The minimum atomic E-state index is -0.504. The number of anilines is 2. The van der Waals surface area contributed by atoms with Crippen LogP contribution in [-0.4, -0.2) is 91.5 Å². The third-order valence-electron chi connectivity index (χ3n) is 9.44. The Morgan fingerprint density at radius 2 is 1.69 bits per heavy atom. The van der Waals surface area contributed by atoms with Gasteiger partial charge in [-0.1, -0.05) is 26.2 Å². The number of aliphatic hydroxyl groups excluding tert-OH is 1. The van der Waals surface area contributed by atoms with E-state index in [2.05, 4.69) is 10.6 Å². The van der Waals surface area contributed by atoms with Crippen LogP contribution in [0.4, 0.5) is 16.2 Å². The Balaban J connectivity index is 1.56. The summed E-state index contributed by atoms with van der Waals surface area (Å²) in [5.41, 5.74) is 1.53. The van der Waals surface area contributed by atoms with Gasteiger partial charge in [0.15, 0.2) is 0 Å². The highest BCUT2D eigenvalue weighted by molar-refractivity contribution is 6.00. The average molecular weight is 667 g/mol. The lowest BCUT2D eigenvalue weighted by Crippen LogP contribution is -2.48. The Kier molecular flexibility index (Phi) is 13.9. The Bertz CT molecular complexity index is 1350. The van der Waals surface area contributed by atoms with Crippen molar-refractivity contribution in [1.29, 1.82) is 0 Å². The maximum absolute atomic E-state index is 14.4.